The number of hydrogen-bond donors (Lipinski definition) is 2. The van der Waals surface area contributed by atoms with Crippen LogP contribution in [0.5, 0.6) is 0 Å². The number of benzene rings is 1. The Morgan fingerprint density at radius 3 is 2.89 bits per heavy atom. The Balaban J connectivity index is 2.10. The molecule has 1 aromatic rings. The van der Waals surface area contributed by atoms with Crippen LogP contribution in [-0.4, -0.2) is 43.5 Å². The molecule has 0 bridgehead atoms. The Labute approximate surface area is 115 Å². The highest BCUT2D eigenvalue weighted by atomic mass is 16.2. The van der Waals surface area contributed by atoms with Crippen LogP contribution in [-0.2, 0) is 11.3 Å². The molecular weight excluding hydrogens is 238 g/mol. The SMILES string of the molecule is CNC(=O)C1CNCCN1Cc1ccc(C)c(C)c1. The number of rotatable bonds is 3. The first kappa shape index (κ1) is 14.0. The van der Waals surface area contributed by atoms with Gasteiger partial charge >= 0.3 is 0 Å². The number of carbonyl (C=O) groups is 1. The van der Waals surface area contributed by atoms with Crippen molar-refractivity contribution in [3.05, 3.63) is 34.9 Å². The number of hydrogen-bond acceptors (Lipinski definition) is 3. The average Bonchev–Trinajstić information content (AvgIpc) is 2.43. The Hall–Kier alpha value is -1.39. The van der Waals surface area contributed by atoms with Crippen molar-refractivity contribution in [3.8, 4) is 0 Å². The zero-order chi connectivity index (χ0) is 13.8. The lowest BCUT2D eigenvalue weighted by Gasteiger charge is -2.35. The minimum atomic E-state index is -0.0691. The Morgan fingerprint density at radius 1 is 1.42 bits per heavy atom. The van der Waals surface area contributed by atoms with Gasteiger partial charge in [0.1, 0.15) is 6.04 Å². The molecule has 104 valence electrons. The van der Waals surface area contributed by atoms with Gasteiger partial charge in [-0.15, -0.1) is 0 Å². The number of nitrogens with zero attached hydrogens (tertiary/aromatic N) is 1. The molecule has 0 radical (unpaired) electrons. The fourth-order valence-electron chi connectivity index (χ4n) is 2.50. The van der Waals surface area contributed by atoms with Gasteiger partial charge < -0.3 is 10.6 Å². The smallest absolute Gasteiger partial charge is 0.238 e. The second kappa shape index (κ2) is 6.17. The Bertz CT molecular complexity index is 459. The van der Waals surface area contributed by atoms with Gasteiger partial charge in [0.05, 0.1) is 0 Å². The second-order valence-corrected chi connectivity index (χ2v) is 5.22. The largest absolute Gasteiger partial charge is 0.358 e. The lowest BCUT2D eigenvalue weighted by Crippen LogP contribution is -2.56. The molecule has 0 spiro atoms. The van der Waals surface area contributed by atoms with Gasteiger partial charge in [0.25, 0.3) is 0 Å². The van der Waals surface area contributed by atoms with Crippen LogP contribution in [0.1, 0.15) is 16.7 Å². The van der Waals surface area contributed by atoms with Gasteiger partial charge in [0.2, 0.25) is 5.91 Å². The quantitative estimate of drug-likeness (QED) is 0.847. The highest BCUT2D eigenvalue weighted by Gasteiger charge is 2.27. The van der Waals surface area contributed by atoms with Gasteiger partial charge in [0, 0.05) is 33.2 Å². The van der Waals surface area contributed by atoms with Gasteiger partial charge in [-0.2, -0.15) is 0 Å². The first-order valence-electron chi connectivity index (χ1n) is 6.84. The van der Waals surface area contributed by atoms with Crippen LogP contribution in [0.2, 0.25) is 0 Å². The molecule has 1 fully saturated rings. The predicted octanol–water partition coefficient (Wildman–Crippen LogP) is 0.823. The molecular formula is C15H23N3O. The van der Waals surface area contributed by atoms with E-state index in [-0.39, 0.29) is 11.9 Å². The van der Waals surface area contributed by atoms with Crippen LogP contribution in [0.25, 0.3) is 0 Å². The molecule has 1 amide bonds. The summed E-state index contributed by atoms with van der Waals surface area (Å²) in [7, 11) is 1.70. The van der Waals surface area contributed by atoms with Crippen LogP contribution in [0.4, 0.5) is 0 Å². The number of amides is 1. The summed E-state index contributed by atoms with van der Waals surface area (Å²) in [4.78, 5) is 14.1. The van der Waals surface area contributed by atoms with Crippen molar-refractivity contribution in [3.63, 3.8) is 0 Å². The van der Waals surface area contributed by atoms with Crippen LogP contribution < -0.4 is 10.6 Å². The molecule has 1 aromatic carbocycles. The topological polar surface area (TPSA) is 44.4 Å². The number of carbonyl (C=O) groups excluding carboxylic acids is 1. The van der Waals surface area contributed by atoms with E-state index in [0.29, 0.717) is 0 Å². The summed E-state index contributed by atoms with van der Waals surface area (Å²) in [5.41, 5.74) is 3.90. The summed E-state index contributed by atoms with van der Waals surface area (Å²) in [5, 5.41) is 6.03. The van der Waals surface area contributed by atoms with Crippen LogP contribution in [0, 0.1) is 13.8 Å². The lowest BCUT2D eigenvalue weighted by atomic mass is 10.0. The molecule has 1 aliphatic rings. The summed E-state index contributed by atoms with van der Waals surface area (Å²) in [5.74, 6) is 0.0935. The first-order chi connectivity index (χ1) is 9.11. The minimum Gasteiger partial charge on any atom is -0.358 e. The third kappa shape index (κ3) is 3.33. The molecule has 2 N–H and O–H groups in total. The highest BCUT2D eigenvalue weighted by molar-refractivity contribution is 5.81. The average molecular weight is 261 g/mol. The number of piperazine rings is 1. The van der Waals surface area contributed by atoms with Crippen molar-refractivity contribution in [2.75, 3.05) is 26.7 Å². The van der Waals surface area contributed by atoms with Gasteiger partial charge in [0.15, 0.2) is 0 Å². The maximum atomic E-state index is 11.9. The molecule has 1 heterocycles. The monoisotopic (exact) mass is 261 g/mol. The van der Waals surface area contributed by atoms with E-state index in [2.05, 4.69) is 47.6 Å². The summed E-state index contributed by atoms with van der Waals surface area (Å²) in [6.07, 6.45) is 0. The van der Waals surface area contributed by atoms with Crippen LogP contribution in [0.3, 0.4) is 0 Å². The molecule has 1 aliphatic heterocycles. The fraction of sp³-hybridized carbons (Fsp3) is 0.533. The lowest BCUT2D eigenvalue weighted by molar-refractivity contribution is -0.126. The fourth-order valence-corrected chi connectivity index (χ4v) is 2.50. The molecule has 1 saturated heterocycles. The summed E-state index contributed by atoms with van der Waals surface area (Å²) in [6.45, 7) is 7.67. The number of likely N-dealkylation sites (N-methyl/N-ethyl adjacent to an activating group) is 1. The zero-order valence-corrected chi connectivity index (χ0v) is 12.0. The predicted molar refractivity (Wildman–Crippen MR) is 77.1 cm³/mol. The zero-order valence-electron chi connectivity index (χ0n) is 12.0. The summed E-state index contributed by atoms with van der Waals surface area (Å²) >= 11 is 0. The van der Waals surface area contributed by atoms with E-state index < -0.39 is 0 Å². The molecule has 4 heteroatoms. The van der Waals surface area contributed by atoms with Crippen LogP contribution >= 0.6 is 0 Å². The number of aryl methyl sites for hydroxylation is 2. The van der Waals surface area contributed by atoms with E-state index in [4.69, 9.17) is 0 Å². The van der Waals surface area contributed by atoms with E-state index in [9.17, 15) is 4.79 Å². The van der Waals surface area contributed by atoms with Crippen molar-refractivity contribution >= 4 is 5.91 Å². The second-order valence-electron chi connectivity index (χ2n) is 5.22. The maximum absolute atomic E-state index is 11.9. The van der Waals surface area contributed by atoms with Crippen molar-refractivity contribution < 1.29 is 4.79 Å². The summed E-state index contributed by atoms with van der Waals surface area (Å²) < 4.78 is 0. The van der Waals surface area contributed by atoms with E-state index in [1.54, 1.807) is 7.05 Å². The summed E-state index contributed by atoms with van der Waals surface area (Å²) in [6, 6.07) is 6.46. The Morgan fingerprint density at radius 2 is 2.21 bits per heavy atom. The van der Waals surface area contributed by atoms with Crippen molar-refractivity contribution in [1.82, 2.24) is 15.5 Å². The Kier molecular flexibility index (Phi) is 4.56. The third-order valence-corrected chi connectivity index (χ3v) is 3.86. The molecule has 1 unspecified atom stereocenters. The molecule has 0 aromatic heterocycles. The highest BCUT2D eigenvalue weighted by Crippen LogP contribution is 2.14. The normalized spacial score (nSPS) is 20.3. The van der Waals surface area contributed by atoms with E-state index in [1.165, 1.54) is 16.7 Å². The van der Waals surface area contributed by atoms with E-state index in [0.717, 1.165) is 26.2 Å². The molecule has 1 atom stereocenters. The molecule has 2 rings (SSSR count). The van der Waals surface area contributed by atoms with Gasteiger partial charge in [-0.1, -0.05) is 18.2 Å². The standard InChI is InChI=1S/C15H23N3O/c1-11-4-5-13(8-12(11)2)10-18-7-6-17-9-14(18)15(19)16-3/h4-5,8,14,17H,6-7,9-10H2,1-3H3,(H,16,19). The van der Waals surface area contributed by atoms with E-state index >= 15 is 0 Å². The van der Waals surface area contributed by atoms with Crippen molar-refractivity contribution in [1.29, 1.82) is 0 Å². The van der Waals surface area contributed by atoms with Crippen LogP contribution in [0.15, 0.2) is 18.2 Å². The van der Waals surface area contributed by atoms with Gasteiger partial charge in [-0.3, -0.25) is 9.69 Å². The van der Waals surface area contributed by atoms with Crippen molar-refractivity contribution in [2.45, 2.75) is 26.4 Å². The first-order valence-corrected chi connectivity index (χ1v) is 6.84. The maximum Gasteiger partial charge on any atom is 0.238 e. The molecule has 19 heavy (non-hydrogen) atoms. The van der Waals surface area contributed by atoms with Gasteiger partial charge in [-0.05, 0) is 30.5 Å². The van der Waals surface area contributed by atoms with Gasteiger partial charge in [-0.25, -0.2) is 0 Å². The van der Waals surface area contributed by atoms with Crippen molar-refractivity contribution in [2.24, 2.45) is 0 Å². The molecule has 0 saturated carbocycles. The molecule has 4 nitrogen and oxygen atoms in total. The van der Waals surface area contributed by atoms with E-state index in [1.807, 2.05) is 0 Å². The minimum absolute atomic E-state index is 0.0691. The third-order valence-electron chi connectivity index (χ3n) is 3.86. The number of nitrogens with one attached hydrogen (secondary N) is 2. The molecule has 0 aliphatic carbocycles.